The molecule has 5 N–H and O–H groups in total. The fourth-order valence-electron chi connectivity index (χ4n) is 3.00. The van der Waals surface area contributed by atoms with Crippen molar-refractivity contribution in [3.05, 3.63) is 0 Å². The van der Waals surface area contributed by atoms with E-state index in [0.717, 1.165) is 6.92 Å². The predicted molar refractivity (Wildman–Crippen MR) is 82.3 cm³/mol. The van der Waals surface area contributed by atoms with Crippen LogP contribution in [0.15, 0.2) is 0 Å². The van der Waals surface area contributed by atoms with Crippen LogP contribution in [-0.4, -0.2) is 82.4 Å². The maximum absolute atomic E-state index is 12.2. The Kier molecular flexibility index (Phi) is 5.51. The zero-order valence-electron chi connectivity index (χ0n) is 13.8. The molecule has 1 fully saturated rings. The van der Waals surface area contributed by atoms with Gasteiger partial charge in [0.15, 0.2) is 28.7 Å². The zero-order valence-corrected chi connectivity index (χ0v) is 15.4. The molecule has 0 aromatic heterocycles. The first-order valence-corrected chi connectivity index (χ1v) is 7.80. The number of aliphatic hydroxyl groups excluding tert-OH is 1. The van der Waals surface area contributed by atoms with Gasteiger partial charge in [-0.1, -0.05) is 0 Å². The Morgan fingerprint density at radius 3 is 1.56 bits per heavy atom. The van der Waals surface area contributed by atoms with Gasteiger partial charge in [0.2, 0.25) is 11.2 Å². The molecule has 0 aromatic carbocycles. The Balaban J connectivity index is 3.99. The molecule has 1 heterocycles. The van der Waals surface area contributed by atoms with E-state index in [0.29, 0.717) is 20.8 Å². The summed E-state index contributed by atoms with van der Waals surface area (Å²) in [5.74, 6) is -5.39. The SMILES string of the molecule is CC(=O)C(O)[C@H]1O[C@](O)(Br)[C@@](O)(C(C)=O)[C@](O)(C(C)=O)[C@@]1(O)C(C)=O. The van der Waals surface area contributed by atoms with Crippen LogP contribution < -0.4 is 0 Å². The summed E-state index contributed by atoms with van der Waals surface area (Å²) in [4.78, 5) is 47.8. The van der Waals surface area contributed by atoms with Crippen molar-refractivity contribution in [2.24, 2.45) is 0 Å². The Morgan fingerprint density at radius 1 is 0.880 bits per heavy atom. The largest absolute Gasteiger partial charge is 0.382 e. The Hall–Kier alpha value is -1.08. The highest BCUT2D eigenvalue weighted by Crippen LogP contribution is 2.53. The van der Waals surface area contributed by atoms with Crippen LogP contribution in [0.4, 0.5) is 0 Å². The van der Waals surface area contributed by atoms with Crippen molar-refractivity contribution in [1.29, 1.82) is 0 Å². The van der Waals surface area contributed by atoms with Crippen molar-refractivity contribution >= 4 is 39.1 Å². The number of rotatable bonds is 5. The first kappa shape index (κ1) is 22.0. The van der Waals surface area contributed by atoms with Crippen molar-refractivity contribution < 1.29 is 49.4 Å². The molecule has 0 aromatic rings. The van der Waals surface area contributed by atoms with E-state index in [-0.39, 0.29) is 0 Å². The molecule has 142 valence electrons. The molecule has 0 bridgehead atoms. The lowest BCUT2D eigenvalue weighted by Gasteiger charge is -2.59. The van der Waals surface area contributed by atoms with Crippen LogP contribution in [0.5, 0.6) is 0 Å². The van der Waals surface area contributed by atoms with Gasteiger partial charge >= 0.3 is 0 Å². The molecule has 11 heteroatoms. The molecule has 1 aliphatic rings. The van der Waals surface area contributed by atoms with E-state index in [1.54, 1.807) is 0 Å². The van der Waals surface area contributed by atoms with Crippen molar-refractivity contribution in [2.75, 3.05) is 0 Å². The Labute approximate surface area is 150 Å². The van der Waals surface area contributed by atoms with Crippen LogP contribution >= 0.6 is 15.9 Å². The molecule has 0 spiro atoms. The van der Waals surface area contributed by atoms with Crippen molar-refractivity contribution in [2.45, 2.75) is 61.4 Å². The van der Waals surface area contributed by atoms with Gasteiger partial charge < -0.3 is 30.3 Å². The summed E-state index contributed by atoms with van der Waals surface area (Å²) in [7, 11) is 0. The minimum atomic E-state index is -3.66. The first-order valence-electron chi connectivity index (χ1n) is 7.01. The highest BCUT2D eigenvalue weighted by molar-refractivity contribution is 9.10. The summed E-state index contributed by atoms with van der Waals surface area (Å²) in [6.45, 7) is 2.82. The average Bonchev–Trinajstić information content (AvgIpc) is 2.47. The third-order valence-corrected chi connectivity index (χ3v) is 5.24. The van der Waals surface area contributed by atoms with Gasteiger partial charge in [-0.15, -0.1) is 0 Å². The molecule has 1 unspecified atom stereocenters. The molecule has 0 saturated carbocycles. The maximum atomic E-state index is 12.2. The van der Waals surface area contributed by atoms with Crippen LogP contribution in [-0.2, 0) is 23.9 Å². The van der Waals surface area contributed by atoms with Crippen LogP contribution in [0.3, 0.4) is 0 Å². The Bertz CT molecular complexity index is 646. The third-order valence-electron chi connectivity index (χ3n) is 4.48. The summed E-state index contributed by atoms with van der Waals surface area (Å²) in [5.41, 5.74) is -10.7. The van der Waals surface area contributed by atoms with Crippen LogP contribution in [0.2, 0.25) is 0 Å². The number of ketones is 4. The molecule has 10 nitrogen and oxygen atoms in total. The van der Waals surface area contributed by atoms with Gasteiger partial charge in [-0.05, 0) is 43.6 Å². The number of carbonyl (C=O) groups excluding carboxylic acids is 4. The van der Waals surface area contributed by atoms with E-state index in [9.17, 15) is 44.7 Å². The standard InChI is InChI=1S/C14H19BrO10/c1-5(16)9(20)10-11(21,6(2)17)12(22,7(3)18)13(23,8(4)19)14(15,24)25-10/h9-10,20-24H,1-4H3/t9?,10-,11-,12+,13-,14+/m1/s1. The second kappa shape index (κ2) is 6.27. The van der Waals surface area contributed by atoms with E-state index >= 15 is 0 Å². The molecule has 0 amide bonds. The van der Waals surface area contributed by atoms with E-state index in [1.165, 1.54) is 0 Å². The fraction of sp³-hybridized carbons (Fsp3) is 0.714. The van der Waals surface area contributed by atoms with Gasteiger partial charge in [-0.2, -0.15) is 0 Å². The molecular weight excluding hydrogens is 408 g/mol. The average molecular weight is 427 g/mol. The van der Waals surface area contributed by atoms with Crippen LogP contribution in [0.25, 0.3) is 0 Å². The summed E-state index contributed by atoms with van der Waals surface area (Å²) < 4.78 is 1.62. The molecule has 6 atom stereocenters. The van der Waals surface area contributed by atoms with Crippen molar-refractivity contribution in [3.63, 3.8) is 0 Å². The monoisotopic (exact) mass is 426 g/mol. The highest BCUT2D eigenvalue weighted by atomic mass is 79.9. The second-order valence-electron chi connectivity index (χ2n) is 6.01. The van der Waals surface area contributed by atoms with Gasteiger partial charge in [0.25, 0.3) is 4.70 Å². The van der Waals surface area contributed by atoms with Gasteiger partial charge in [-0.3, -0.25) is 19.2 Å². The lowest BCUT2D eigenvalue weighted by atomic mass is 9.60. The number of carbonyl (C=O) groups is 4. The zero-order chi connectivity index (χ0) is 20.2. The smallest absolute Gasteiger partial charge is 0.265 e. The van der Waals surface area contributed by atoms with Crippen molar-refractivity contribution in [1.82, 2.24) is 0 Å². The van der Waals surface area contributed by atoms with Crippen LogP contribution in [0.1, 0.15) is 27.7 Å². The fourth-order valence-corrected chi connectivity index (χ4v) is 3.77. The van der Waals surface area contributed by atoms with Gasteiger partial charge in [0.05, 0.1) is 0 Å². The normalized spacial score (nSPS) is 42.6. The molecular formula is C14H19BrO10. The summed E-state index contributed by atoms with van der Waals surface area (Å²) in [6.07, 6.45) is -4.68. The molecule has 25 heavy (non-hydrogen) atoms. The van der Waals surface area contributed by atoms with Gasteiger partial charge in [-0.25, -0.2) is 0 Å². The second-order valence-corrected chi connectivity index (χ2v) is 7.09. The first-order chi connectivity index (χ1) is 11.0. The maximum Gasteiger partial charge on any atom is 0.265 e. The Morgan fingerprint density at radius 2 is 1.28 bits per heavy atom. The highest BCUT2D eigenvalue weighted by Gasteiger charge is 2.83. The summed E-state index contributed by atoms with van der Waals surface area (Å²) >= 11 is 2.42. The molecule has 0 aliphatic carbocycles. The number of Topliss-reactive ketones (excluding diaryl/α,β-unsaturated/α-hetero) is 4. The lowest BCUT2D eigenvalue weighted by molar-refractivity contribution is -0.375. The van der Waals surface area contributed by atoms with Crippen LogP contribution in [0, 0.1) is 0 Å². The van der Waals surface area contributed by atoms with E-state index in [2.05, 4.69) is 15.9 Å². The minimum absolute atomic E-state index is 0.632. The van der Waals surface area contributed by atoms with Gasteiger partial charge in [0, 0.05) is 0 Å². The summed E-state index contributed by atoms with van der Waals surface area (Å²) in [6, 6.07) is 0. The van der Waals surface area contributed by atoms with Gasteiger partial charge in [0.1, 0.15) is 12.2 Å². The van der Waals surface area contributed by atoms with E-state index in [1.807, 2.05) is 0 Å². The number of hydrogen-bond acceptors (Lipinski definition) is 10. The quantitative estimate of drug-likeness (QED) is 0.291. The number of alkyl halides is 1. The predicted octanol–water partition coefficient (Wildman–Crippen LogP) is -2.66. The number of ether oxygens (including phenoxy) is 1. The third kappa shape index (κ3) is 2.53. The lowest BCUT2D eigenvalue weighted by Crippen LogP contribution is -2.89. The minimum Gasteiger partial charge on any atom is -0.382 e. The van der Waals surface area contributed by atoms with Crippen molar-refractivity contribution in [3.8, 4) is 0 Å². The number of aliphatic hydroxyl groups is 5. The molecule has 0 radical (unpaired) electrons. The molecule has 1 saturated heterocycles. The summed E-state index contributed by atoms with van der Waals surface area (Å²) in [5, 5.41) is 52.7. The van der Waals surface area contributed by atoms with E-state index < -0.39 is 56.8 Å². The number of halogens is 1. The number of hydrogen-bond donors (Lipinski definition) is 5. The topological polar surface area (TPSA) is 179 Å². The molecule has 1 rings (SSSR count). The van der Waals surface area contributed by atoms with E-state index in [4.69, 9.17) is 4.74 Å². The molecule has 1 aliphatic heterocycles.